The molecule has 0 amide bonds. The molecular weight excluding hydrogens is 423 g/mol. The molecule has 1 aromatic carbocycles. The summed E-state index contributed by atoms with van der Waals surface area (Å²) in [7, 11) is 0.389. The van der Waals surface area contributed by atoms with Gasteiger partial charge in [0, 0.05) is 0 Å². The van der Waals surface area contributed by atoms with Gasteiger partial charge in [0.25, 0.3) is 0 Å². The van der Waals surface area contributed by atoms with Gasteiger partial charge in [-0.15, -0.1) is 6.58 Å². The van der Waals surface area contributed by atoms with Crippen molar-refractivity contribution in [2.75, 3.05) is 12.5 Å². The van der Waals surface area contributed by atoms with E-state index in [1.807, 2.05) is 13.0 Å². The topological polar surface area (TPSA) is 0 Å². The van der Waals surface area contributed by atoms with Crippen LogP contribution in [0.3, 0.4) is 0 Å². The van der Waals surface area contributed by atoms with Gasteiger partial charge in [-0.3, -0.25) is 0 Å². The van der Waals surface area contributed by atoms with E-state index in [1.54, 1.807) is 12.1 Å². The average Bonchev–Trinajstić information content (AvgIpc) is 2.73. The van der Waals surface area contributed by atoms with Crippen LogP contribution in [0.1, 0.15) is 123 Å². The molecule has 0 atom stereocenters. The first kappa shape index (κ1) is 34.3. The molecule has 1 fully saturated rings. The zero-order valence-electron chi connectivity index (χ0n) is 23.7. The standard InChI is InChI=1S/C13H17F.C9H20.C6H12.C3H8S/c1-10-7-12(9-13(14)8-10)11-5-3-2-4-6-11;1-4-7-9(6-3)8-5-2;1-5-6(2,3)4;1-4(2)3/h7-9,11H,2-6H2,1H3;9H,4-8H2,1-3H3;5H,1H2,2-4H3;1H2,2-3H3. The molecule has 33 heavy (non-hydrogen) atoms. The predicted molar refractivity (Wildman–Crippen MR) is 157 cm³/mol. The molecule has 2 heteroatoms. The van der Waals surface area contributed by atoms with Crippen LogP contribution >= 0.6 is 10.5 Å². The molecule has 1 aliphatic rings. The van der Waals surface area contributed by atoms with Crippen molar-refractivity contribution in [1.82, 2.24) is 0 Å². The number of halogens is 1. The van der Waals surface area contributed by atoms with Gasteiger partial charge in [0.2, 0.25) is 0 Å². The molecule has 0 saturated heterocycles. The lowest BCUT2D eigenvalue weighted by Crippen LogP contribution is -2.05. The van der Waals surface area contributed by atoms with Crippen molar-refractivity contribution < 1.29 is 4.39 Å². The Labute approximate surface area is 210 Å². The number of rotatable bonds is 6. The van der Waals surface area contributed by atoms with E-state index in [9.17, 15) is 4.39 Å². The molecular formula is C31H57FS. The predicted octanol–water partition coefficient (Wildman–Crippen LogP) is 11.0. The summed E-state index contributed by atoms with van der Waals surface area (Å²) in [5, 5.41) is 0. The molecule has 0 aliphatic heterocycles. The summed E-state index contributed by atoms with van der Waals surface area (Å²) in [6.07, 6.45) is 19.5. The highest BCUT2D eigenvalue weighted by Gasteiger charge is 2.16. The highest BCUT2D eigenvalue weighted by molar-refractivity contribution is 8.12. The monoisotopic (exact) mass is 480 g/mol. The summed E-state index contributed by atoms with van der Waals surface area (Å²) in [5.74, 6) is 5.21. The Morgan fingerprint density at radius 2 is 1.45 bits per heavy atom. The third-order valence-corrected chi connectivity index (χ3v) is 5.72. The minimum Gasteiger partial charge on any atom is -0.207 e. The van der Waals surface area contributed by atoms with Gasteiger partial charge in [0.15, 0.2) is 0 Å². The molecule has 0 bridgehead atoms. The lowest BCUT2D eigenvalue weighted by molar-refractivity contribution is 0.427. The van der Waals surface area contributed by atoms with Crippen molar-refractivity contribution in [2.45, 2.75) is 119 Å². The maximum Gasteiger partial charge on any atom is 0.123 e. The van der Waals surface area contributed by atoms with E-state index >= 15 is 0 Å². The molecule has 0 N–H and O–H groups in total. The van der Waals surface area contributed by atoms with E-state index in [0.29, 0.717) is 21.8 Å². The zero-order chi connectivity index (χ0) is 25.9. The molecule has 2 rings (SSSR count). The summed E-state index contributed by atoms with van der Waals surface area (Å²) in [6.45, 7) is 18.8. The number of benzene rings is 1. The maximum atomic E-state index is 13.2. The van der Waals surface area contributed by atoms with Gasteiger partial charge in [-0.05, 0) is 72.8 Å². The zero-order valence-corrected chi connectivity index (χ0v) is 24.6. The fraction of sp³-hybridized carbons (Fsp3) is 0.710. The molecule has 0 heterocycles. The van der Waals surface area contributed by atoms with E-state index in [-0.39, 0.29) is 5.82 Å². The van der Waals surface area contributed by atoms with Crippen molar-refractivity contribution in [3.05, 3.63) is 47.8 Å². The van der Waals surface area contributed by atoms with Crippen LogP contribution in [-0.4, -0.2) is 18.4 Å². The normalized spacial score (nSPS) is 13.8. The van der Waals surface area contributed by atoms with E-state index in [1.165, 1.54) is 69.8 Å². The fourth-order valence-corrected chi connectivity index (χ4v) is 3.81. The average molecular weight is 481 g/mol. The second-order valence-electron chi connectivity index (χ2n) is 10.8. The largest absolute Gasteiger partial charge is 0.207 e. The van der Waals surface area contributed by atoms with E-state index in [4.69, 9.17) is 0 Å². The van der Waals surface area contributed by atoms with E-state index in [2.05, 4.69) is 72.6 Å². The Balaban J connectivity index is 0. The molecule has 0 aromatic heterocycles. The first-order chi connectivity index (χ1) is 15.4. The molecule has 1 aliphatic carbocycles. The number of hydrogen-bond donors (Lipinski definition) is 0. The molecule has 194 valence electrons. The summed E-state index contributed by atoms with van der Waals surface area (Å²) >= 11 is 0. The van der Waals surface area contributed by atoms with Crippen molar-refractivity contribution >= 4 is 16.4 Å². The molecule has 0 spiro atoms. The second kappa shape index (κ2) is 20.5. The van der Waals surface area contributed by atoms with Crippen molar-refractivity contribution in [1.29, 1.82) is 0 Å². The summed E-state index contributed by atoms with van der Waals surface area (Å²) in [5.41, 5.74) is 2.56. The molecule has 0 radical (unpaired) electrons. The third-order valence-electron chi connectivity index (χ3n) is 5.72. The van der Waals surface area contributed by atoms with Gasteiger partial charge >= 0.3 is 0 Å². The first-order valence-electron chi connectivity index (χ1n) is 13.2. The van der Waals surface area contributed by atoms with Gasteiger partial charge in [-0.25, -0.2) is 4.39 Å². The second-order valence-corrected chi connectivity index (χ2v) is 12.8. The third kappa shape index (κ3) is 22.7. The molecule has 0 unspecified atom stereocenters. The van der Waals surface area contributed by atoms with Gasteiger partial charge < -0.3 is 0 Å². The van der Waals surface area contributed by atoms with Gasteiger partial charge in [0.1, 0.15) is 5.82 Å². The molecule has 1 aromatic rings. The Morgan fingerprint density at radius 1 is 1.00 bits per heavy atom. The van der Waals surface area contributed by atoms with Gasteiger partial charge in [-0.2, -0.15) is 10.5 Å². The molecule has 0 nitrogen and oxygen atoms in total. The van der Waals surface area contributed by atoms with Gasteiger partial charge in [-0.1, -0.05) is 111 Å². The van der Waals surface area contributed by atoms with Crippen LogP contribution in [0.15, 0.2) is 30.9 Å². The number of aryl methyl sites for hydroxylation is 1. The smallest absolute Gasteiger partial charge is 0.123 e. The minimum absolute atomic E-state index is 0.0782. The summed E-state index contributed by atoms with van der Waals surface area (Å²) < 4.78 is 13.2. The highest BCUT2D eigenvalue weighted by Crippen LogP contribution is 2.33. The Hall–Kier alpha value is -0.890. The van der Waals surface area contributed by atoms with Crippen LogP contribution in [0.4, 0.5) is 4.39 Å². The fourth-order valence-electron chi connectivity index (χ4n) is 3.81. The first-order valence-corrected chi connectivity index (χ1v) is 15.4. The Bertz CT molecular complexity index is 590. The van der Waals surface area contributed by atoms with Crippen LogP contribution in [0.2, 0.25) is 0 Å². The SMILES string of the molecule is C=CC(C)(C)C.C=S(C)C.CCCC(CC)CCC.Cc1cc(F)cc(C2CCCCC2)c1. The lowest BCUT2D eigenvalue weighted by Gasteiger charge is -2.22. The van der Waals surface area contributed by atoms with Crippen LogP contribution in [0, 0.1) is 24.1 Å². The Morgan fingerprint density at radius 3 is 1.79 bits per heavy atom. The van der Waals surface area contributed by atoms with Crippen LogP contribution in [0.5, 0.6) is 0 Å². The van der Waals surface area contributed by atoms with Crippen LogP contribution < -0.4 is 0 Å². The molecule has 1 saturated carbocycles. The highest BCUT2D eigenvalue weighted by atomic mass is 32.2. The van der Waals surface area contributed by atoms with Crippen molar-refractivity contribution in [2.24, 2.45) is 11.3 Å². The van der Waals surface area contributed by atoms with Crippen LogP contribution in [-0.2, 0) is 0 Å². The Kier molecular flexibility index (Phi) is 21.3. The van der Waals surface area contributed by atoms with Gasteiger partial charge in [0.05, 0.1) is 0 Å². The quantitative estimate of drug-likeness (QED) is 0.280. The van der Waals surface area contributed by atoms with E-state index in [0.717, 1.165) is 11.5 Å². The lowest BCUT2D eigenvalue weighted by atomic mass is 9.84. The number of hydrogen-bond acceptors (Lipinski definition) is 0. The van der Waals surface area contributed by atoms with E-state index < -0.39 is 0 Å². The van der Waals surface area contributed by atoms with Crippen molar-refractivity contribution in [3.8, 4) is 0 Å². The summed E-state index contributed by atoms with van der Waals surface area (Å²) in [4.78, 5) is 0. The van der Waals surface area contributed by atoms with Crippen molar-refractivity contribution in [3.63, 3.8) is 0 Å². The minimum atomic E-state index is -0.0782. The number of allylic oxidation sites excluding steroid dienone is 1. The summed E-state index contributed by atoms with van der Waals surface area (Å²) in [6, 6.07) is 5.45. The van der Waals surface area contributed by atoms with Crippen LogP contribution in [0.25, 0.3) is 0 Å². The maximum absolute atomic E-state index is 13.2.